The first-order valence-corrected chi connectivity index (χ1v) is 7.39. The summed E-state index contributed by atoms with van der Waals surface area (Å²) >= 11 is 6.26. The van der Waals surface area contributed by atoms with Crippen LogP contribution in [0.15, 0.2) is 24.3 Å². The van der Waals surface area contributed by atoms with Gasteiger partial charge in [-0.05, 0) is 32.4 Å². The van der Waals surface area contributed by atoms with Crippen LogP contribution in [0.3, 0.4) is 0 Å². The molecule has 114 valence electrons. The second-order valence-electron chi connectivity index (χ2n) is 5.60. The maximum Gasteiger partial charge on any atom is 0.126 e. The minimum absolute atomic E-state index is 0.226. The highest BCUT2D eigenvalue weighted by atomic mass is 35.5. The van der Waals surface area contributed by atoms with Crippen molar-refractivity contribution < 1.29 is 9.50 Å². The van der Waals surface area contributed by atoms with Gasteiger partial charge in [0.2, 0.25) is 0 Å². The summed E-state index contributed by atoms with van der Waals surface area (Å²) in [5.74, 6) is -0.302. The molecule has 1 heterocycles. The number of nitrogens with zero attached hydrogens (tertiary/aromatic N) is 2. The maximum atomic E-state index is 13.7. The summed E-state index contributed by atoms with van der Waals surface area (Å²) in [6.45, 7) is 6.18. The number of aromatic nitrogens is 2. The number of halogens is 2. The van der Waals surface area contributed by atoms with Gasteiger partial charge in [-0.25, -0.2) is 4.39 Å². The van der Waals surface area contributed by atoms with Crippen molar-refractivity contribution in [1.29, 1.82) is 0 Å². The van der Waals surface area contributed by atoms with E-state index in [-0.39, 0.29) is 12.2 Å². The lowest BCUT2D eigenvalue weighted by molar-refractivity contribution is 0.0578. The van der Waals surface area contributed by atoms with Crippen LogP contribution in [0.5, 0.6) is 0 Å². The molecule has 1 aromatic carbocycles. The molecule has 1 atom stereocenters. The third kappa shape index (κ3) is 3.63. The van der Waals surface area contributed by atoms with Crippen LogP contribution in [0, 0.1) is 12.7 Å². The molecular weight excluding hydrogens is 291 g/mol. The molecule has 0 aliphatic carbocycles. The molecule has 1 N–H and O–H groups in total. The van der Waals surface area contributed by atoms with Crippen molar-refractivity contribution in [3.63, 3.8) is 0 Å². The summed E-state index contributed by atoms with van der Waals surface area (Å²) in [7, 11) is 0. The lowest BCUT2D eigenvalue weighted by atomic mass is 9.91. The Morgan fingerprint density at radius 3 is 2.62 bits per heavy atom. The maximum absolute atomic E-state index is 13.7. The van der Waals surface area contributed by atoms with E-state index in [0.29, 0.717) is 23.6 Å². The van der Waals surface area contributed by atoms with Crippen LogP contribution in [0.2, 0.25) is 5.02 Å². The smallest absolute Gasteiger partial charge is 0.126 e. The Morgan fingerprint density at radius 2 is 2.00 bits per heavy atom. The van der Waals surface area contributed by atoms with Crippen molar-refractivity contribution in [2.45, 2.75) is 45.8 Å². The molecule has 3 nitrogen and oxygen atoms in total. The van der Waals surface area contributed by atoms with Crippen molar-refractivity contribution >= 4 is 11.6 Å². The van der Waals surface area contributed by atoms with Crippen molar-refractivity contribution in [2.24, 2.45) is 0 Å². The molecule has 2 rings (SSSR count). The topological polar surface area (TPSA) is 38.0 Å². The Balaban J connectivity index is 2.24. The van der Waals surface area contributed by atoms with Crippen LogP contribution in [0.25, 0.3) is 0 Å². The summed E-state index contributed by atoms with van der Waals surface area (Å²) in [5.41, 5.74) is 0.941. The minimum Gasteiger partial charge on any atom is -0.389 e. The zero-order valence-electron chi connectivity index (χ0n) is 12.5. The molecule has 21 heavy (non-hydrogen) atoms. The number of benzene rings is 1. The normalized spacial score (nSPS) is 14.2. The first kappa shape index (κ1) is 16.0. The minimum atomic E-state index is -1.09. The molecule has 0 aliphatic rings. The standard InChI is InChI=1S/C16H20ClFN2O/c1-4-20-14(15(17)11(2)19-20)10-16(3,21)9-12-7-5-6-8-13(12)18/h5-8,21H,4,9-10H2,1-3H3. The van der Waals surface area contributed by atoms with E-state index in [9.17, 15) is 9.50 Å². The molecule has 2 aromatic rings. The molecule has 0 saturated heterocycles. The second-order valence-corrected chi connectivity index (χ2v) is 5.98. The molecule has 0 fully saturated rings. The fourth-order valence-electron chi connectivity index (χ4n) is 2.51. The monoisotopic (exact) mass is 310 g/mol. The fourth-order valence-corrected chi connectivity index (χ4v) is 2.72. The molecule has 0 saturated carbocycles. The number of rotatable bonds is 5. The van der Waals surface area contributed by atoms with E-state index in [4.69, 9.17) is 11.6 Å². The lowest BCUT2D eigenvalue weighted by Gasteiger charge is -2.24. The van der Waals surface area contributed by atoms with E-state index in [2.05, 4.69) is 5.10 Å². The van der Waals surface area contributed by atoms with Gasteiger partial charge in [-0.1, -0.05) is 29.8 Å². The average Bonchev–Trinajstić information content (AvgIpc) is 2.68. The summed E-state index contributed by atoms with van der Waals surface area (Å²) in [6.07, 6.45) is 0.554. The molecule has 0 spiro atoms. The lowest BCUT2D eigenvalue weighted by Crippen LogP contribution is -2.31. The van der Waals surface area contributed by atoms with E-state index in [1.807, 2.05) is 13.8 Å². The summed E-state index contributed by atoms with van der Waals surface area (Å²) in [6, 6.07) is 6.49. The van der Waals surface area contributed by atoms with Crippen LogP contribution in [0.1, 0.15) is 30.8 Å². The van der Waals surface area contributed by atoms with Gasteiger partial charge in [0.1, 0.15) is 5.82 Å². The Labute approximate surface area is 129 Å². The van der Waals surface area contributed by atoms with Gasteiger partial charge < -0.3 is 5.11 Å². The highest BCUT2D eigenvalue weighted by Crippen LogP contribution is 2.27. The van der Waals surface area contributed by atoms with Crippen molar-refractivity contribution in [1.82, 2.24) is 9.78 Å². The first-order chi connectivity index (χ1) is 9.84. The Hall–Kier alpha value is -1.39. The highest BCUT2D eigenvalue weighted by molar-refractivity contribution is 6.31. The van der Waals surface area contributed by atoms with E-state index in [1.165, 1.54) is 6.07 Å². The fraction of sp³-hybridized carbons (Fsp3) is 0.438. The Bertz CT molecular complexity index is 637. The van der Waals surface area contributed by atoms with E-state index in [0.717, 1.165) is 11.4 Å². The van der Waals surface area contributed by atoms with Gasteiger partial charge in [-0.15, -0.1) is 0 Å². The van der Waals surface area contributed by atoms with Gasteiger partial charge in [-0.2, -0.15) is 5.10 Å². The predicted octanol–water partition coefficient (Wildman–Crippen LogP) is 3.54. The Kier molecular flexibility index (Phi) is 4.69. The number of aliphatic hydroxyl groups is 1. The van der Waals surface area contributed by atoms with Crippen LogP contribution in [-0.2, 0) is 19.4 Å². The number of hydrogen-bond donors (Lipinski definition) is 1. The third-order valence-electron chi connectivity index (χ3n) is 3.53. The zero-order chi connectivity index (χ0) is 15.6. The predicted molar refractivity (Wildman–Crippen MR) is 82.1 cm³/mol. The molecule has 0 radical (unpaired) electrons. The molecule has 5 heteroatoms. The molecule has 1 unspecified atom stereocenters. The number of hydrogen-bond acceptors (Lipinski definition) is 2. The number of aryl methyl sites for hydroxylation is 2. The molecule has 0 amide bonds. The summed E-state index contributed by atoms with van der Waals surface area (Å²) in [5, 5.41) is 15.5. The largest absolute Gasteiger partial charge is 0.389 e. The van der Waals surface area contributed by atoms with Crippen LogP contribution in [-0.4, -0.2) is 20.5 Å². The third-order valence-corrected chi connectivity index (χ3v) is 4.02. The van der Waals surface area contributed by atoms with Crippen LogP contribution >= 0.6 is 11.6 Å². The molecule has 0 aliphatic heterocycles. The van der Waals surface area contributed by atoms with Crippen molar-refractivity contribution in [2.75, 3.05) is 0 Å². The highest BCUT2D eigenvalue weighted by Gasteiger charge is 2.27. The van der Waals surface area contributed by atoms with Gasteiger partial charge in [-0.3, -0.25) is 4.68 Å². The van der Waals surface area contributed by atoms with Crippen molar-refractivity contribution in [3.8, 4) is 0 Å². The van der Waals surface area contributed by atoms with E-state index in [1.54, 1.807) is 29.8 Å². The van der Waals surface area contributed by atoms with E-state index < -0.39 is 5.60 Å². The van der Waals surface area contributed by atoms with Gasteiger partial charge in [0.25, 0.3) is 0 Å². The van der Waals surface area contributed by atoms with Gasteiger partial charge in [0.05, 0.1) is 22.0 Å². The first-order valence-electron chi connectivity index (χ1n) is 7.01. The quantitative estimate of drug-likeness (QED) is 0.917. The van der Waals surface area contributed by atoms with Crippen LogP contribution in [0.4, 0.5) is 4.39 Å². The van der Waals surface area contributed by atoms with Crippen LogP contribution < -0.4 is 0 Å². The zero-order valence-corrected chi connectivity index (χ0v) is 13.3. The van der Waals surface area contributed by atoms with Crippen molar-refractivity contribution in [3.05, 3.63) is 52.1 Å². The van der Waals surface area contributed by atoms with E-state index >= 15 is 0 Å². The molecular formula is C16H20ClFN2O. The summed E-state index contributed by atoms with van der Waals surface area (Å²) in [4.78, 5) is 0. The summed E-state index contributed by atoms with van der Waals surface area (Å²) < 4.78 is 15.5. The average molecular weight is 311 g/mol. The second kappa shape index (κ2) is 6.16. The van der Waals surface area contributed by atoms with Gasteiger partial charge in [0, 0.05) is 19.4 Å². The SMILES string of the molecule is CCn1nc(C)c(Cl)c1CC(C)(O)Cc1ccccc1F. The van der Waals surface area contributed by atoms with Gasteiger partial charge >= 0.3 is 0 Å². The van der Waals surface area contributed by atoms with Gasteiger partial charge in [0.15, 0.2) is 0 Å². The Morgan fingerprint density at radius 1 is 1.33 bits per heavy atom. The molecule has 0 bridgehead atoms. The molecule has 1 aromatic heterocycles.